The standard InChI is InChI=1S/C12H18N2O3/c1-16-12(15)11-7-9(13)8-14(11)5-4-10-3-2-6-17-10/h7-8,10H,2-6,13H2,1H3. The van der Waals surface area contributed by atoms with Crippen molar-refractivity contribution in [2.24, 2.45) is 0 Å². The van der Waals surface area contributed by atoms with Crippen molar-refractivity contribution in [2.45, 2.75) is 31.9 Å². The van der Waals surface area contributed by atoms with Crippen LogP contribution in [0, 0.1) is 0 Å². The molecule has 1 aromatic rings. The Morgan fingerprint density at radius 3 is 3.18 bits per heavy atom. The molecular formula is C12H18N2O3. The molecule has 1 aromatic heterocycles. The Balaban J connectivity index is 2.01. The van der Waals surface area contributed by atoms with E-state index in [1.165, 1.54) is 7.11 Å². The number of hydrogen-bond acceptors (Lipinski definition) is 4. The minimum atomic E-state index is -0.353. The maximum Gasteiger partial charge on any atom is 0.354 e. The van der Waals surface area contributed by atoms with Gasteiger partial charge in [0.15, 0.2) is 0 Å². The zero-order valence-electron chi connectivity index (χ0n) is 10.0. The fourth-order valence-corrected chi connectivity index (χ4v) is 2.15. The van der Waals surface area contributed by atoms with E-state index in [1.807, 2.05) is 4.57 Å². The second-order valence-electron chi connectivity index (χ2n) is 4.27. The Kier molecular flexibility index (Phi) is 3.68. The molecule has 94 valence electrons. The van der Waals surface area contributed by atoms with E-state index in [2.05, 4.69) is 0 Å². The Labute approximate surface area is 100 Å². The smallest absolute Gasteiger partial charge is 0.354 e. The van der Waals surface area contributed by atoms with Gasteiger partial charge in [-0.15, -0.1) is 0 Å². The monoisotopic (exact) mass is 238 g/mol. The molecule has 1 unspecified atom stereocenters. The summed E-state index contributed by atoms with van der Waals surface area (Å²) < 4.78 is 12.1. The summed E-state index contributed by atoms with van der Waals surface area (Å²) >= 11 is 0. The predicted octanol–water partition coefficient (Wildman–Crippen LogP) is 1.43. The first-order valence-electron chi connectivity index (χ1n) is 5.86. The number of ether oxygens (including phenoxy) is 2. The average Bonchev–Trinajstić information content (AvgIpc) is 2.94. The van der Waals surface area contributed by atoms with Gasteiger partial charge >= 0.3 is 5.97 Å². The molecule has 0 spiro atoms. The molecule has 0 amide bonds. The first kappa shape index (κ1) is 12.0. The van der Waals surface area contributed by atoms with Gasteiger partial charge in [0.1, 0.15) is 5.69 Å². The number of carbonyl (C=O) groups excluding carboxylic acids is 1. The van der Waals surface area contributed by atoms with Gasteiger partial charge in [-0.3, -0.25) is 0 Å². The Morgan fingerprint density at radius 1 is 1.71 bits per heavy atom. The van der Waals surface area contributed by atoms with Gasteiger partial charge in [0.25, 0.3) is 0 Å². The van der Waals surface area contributed by atoms with E-state index in [4.69, 9.17) is 15.2 Å². The summed E-state index contributed by atoms with van der Waals surface area (Å²) in [6.45, 7) is 1.58. The third-order valence-corrected chi connectivity index (χ3v) is 3.03. The van der Waals surface area contributed by atoms with Gasteiger partial charge in [-0.1, -0.05) is 0 Å². The second kappa shape index (κ2) is 5.23. The van der Waals surface area contributed by atoms with Crippen molar-refractivity contribution in [1.29, 1.82) is 0 Å². The molecule has 1 fully saturated rings. The van der Waals surface area contributed by atoms with Gasteiger partial charge in [-0.2, -0.15) is 0 Å². The highest BCUT2D eigenvalue weighted by atomic mass is 16.5. The molecule has 0 aromatic carbocycles. The van der Waals surface area contributed by atoms with E-state index >= 15 is 0 Å². The molecule has 2 rings (SSSR count). The van der Waals surface area contributed by atoms with Crippen LogP contribution in [0.2, 0.25) is 0 Å². The molecule has 2 N–H and O–H groups in total. The van der Waals surface area contributed by atoms with Crippen LogP contribution in [-0.2, 0) is 16.0 Å². The summed E-state index contributed by atoms with van der Waals surface area (Å²) in [6, 6.07) is 1.64. The van der Waals surface area contributed by atoms with Crippen LogP contribution in [0.3, 0.4) is 0 Å². The fourth-order valence-electron chi connectivity index (χ4n) is 2.15. The molecule has 1 aliphatic rings. The lowest BCUT2D eigenvalue weighted by atomic mass is 10.2. The quantitative estimate of drug-likeness (QED) is 0.806. The Morgan fingerprint density at radius 2 is 2.53 bits per heavy atom. The van der Waals surface area contributed by atoms with E-state index in [9.17, 15) is 4.79 Å². The predicted molar refractivity (Wildman–Crippen MR) is 63.8 cm³/mol. The largest absolute Gasteiger partial charge is 0.464 e. The van der Waals surface area contributed by atoms with Crippen molar-refractivity contribution < 1.29 is 14.3 Å². The molecule has 0 saturated carbocycles. The lowest BCUT2D eigenvalue weighted by molar-refractivity contribution is 0.0584. The average molecular weight is 238 g/mol. The topological polar surface area (TPSA) is 66.5 Å². The molecule has 1 aliphatic heterocycles. The maximum absolute atomic E-state index is 11.5. The number of aryl methyl sites for hydroxylation is 1. The molecule has 5 nitrogen and oxygen atoms in total. The maximum atomic E-state index is 11.5. The van der Waals surface area contributed by atoms with E-state index < -0.39 is 0 Å². The number of nitrogens with two attached hydrogens (primary N) is 1. The highest BCUT2D eigenvalue weighted by molar-refractivity contribution is 5.88. The third-order valence-electron chi connectivity index (χ3n) is 3.03. The van der Waals surface area contributed by atoms with Crippen molar-refractivity contribution in [1.82, 2.24) is 4.57 Å². The number of methoxy groups -OCH3 is 1. The van der Waals surface area contributed by atoms with E-state index in [-0.39, 0.29) is 5.97 Å². The van der Waals surface area contributed by atoms with Crippen LogP contribution in [0.4, 0.5) is 5.69 Å². The van der Waals surface area contributed by atoms with Crippen LogP contribution in [0.25, 0.3) is 0 Å². The molecule has 0 aliphatic carbocycles. The van der Waals surface area contributed by atoms with Crippen LogP contribution in [0.1, 0.15) is 29.8 Å². The number of nitrogen functional groups attached to an aromatic ring is 1. The summed E-state index contributed by atoms with van der Waals surface area (Å²) in [6.07, 6.45) is 5.20. The summed E-state index contributed by atoms with van der Waals surface area (Å²) in [5.74, 6) is -0.353. The Hall–Kier alpha value is -1.49. The molecule has 2 heterocycles. The molecule has 0 bridgehead atoms. The highest BCUT2D eigenvalue weighted by Gasteiger charge is 2.18. The van der Waals surface area contributed by atoms with Crippen LogP contribution in [0.5, 0.6) is 0 Å². The summed E-state index contributed by atoms with van der Waals surface area (Å²) in [7, 11) is 1.37. The van der Waals surface area contributed by atoms with Crippen molar-refractivity contribution in [3.8, 4) is 0 Å². The van der Waals surface area contributed by atoms with Gasteiger partial charge in [0.05, 0.1) is 18.9 Å². The van der Waals surface area contributed by atoms with E-state index in [0.717, 1.165) is 32.4 Å². The SMILES string of the molecule is COC(=O)c1cc(N)cn1CCC1CCCO1. The number of nitrogens with zero attached hydrogens (tertiary/aromatic N) is 1. The zero-order chi connectivity index (χ0) is 12.3. The minimum Gasteiger partial charge on any atom is -0.464 e. The van der Waals surface area contributed by atoms with Gasteiger partial charge in [-0.05, 0) is 25.3 Å². The number of anilines is 1. The van der Waals surface area contributed by atoms with Gasteiger partial charge in [0, 0.05) is 19.3 Å². The fraction of sp³-hybridized carbons (Fsp3) is 0.583. The molecule has 1 atom stereocenters. The van der Waals surface area contributed by atoms with Crippen LogP contribution >= 0.6 is 0 Å². The third kappa shape index (κ3) is 2.79. The number of rotatable bonds is 4. The number of aromatic nitrogens is 1. The second-order valence-corrected chi connectivity index (χ2v) is 4.27. The molecule has 17 heavy (non-hydrogen) atoms. The summed E-state index contributed by atoms with van der Waals surface area (Å²) in [5.41, 5.74) is 6.78. The summed E-state index contributed by atoms with van der Waals surface area (Å²) in [4.78, 5) is 11.5. The first-order valence-corrected chi connectivity index (χ1v) is 5.86. The number of carbonyl (C=O) groups is 1. The zero-order valence-corrected chi connectivity index (χ0v) is 10.0. The van der Waals surface area contributed by atoms with E-state index in [0.29, 0.717) is 17.5 Å². The molecular weight excluding hydrogens is 220 g/mol. The minimum absolute atomic E-state index is 0.309. The van der Waals surface area contributed by atoms with Crippen LogP contribution in [0.15, 0.2) is 12.3 Å². The van der Waals surface area contributed by atoms with Crippen molar-refractivity contribution in [3.63, 3.8) is 0 Å². The van der Waals surface area contributed by atoms with Gasteiger partial charge < -0.3 is 19.8 Å². The van der Waals surface area contributed by atoms with Crippen molar-refractivity contribution in [3.05, 3.63) is 18.0 Å². The normalized spacial score (nSPS) is 19.5. The van der Waals surface area contributed by atoms with Gasteiger partial charge in [-0.25, -0.2) is 4.79 Å². The molecule has 0 radical (unpaired) electrons. The lowest BCUT2D eigenvalue weighted by Gasteiger charge is -2.11. The first-order chi connectivity index (χ1) is 8.20. The lowest BCUT2D eigenvalue weighted by Crippen LogP contribution is -2.14. The van der Waals surface area contributed by atoms with Crippen molar-refractivity contribution >= 4 is 11.7 Å². The van der Waals surface area contributed by atoms with Gasteiger partial charge in [0.2, 0.25) is 0 Å². The van der Waals surface area contributed by atoms with Crippen LogP contribution in [-0.4, -0.2) is 30.4 Å². The molecule has 5 heteroatoms. The van der Waals surface area contributed by atoms with Crippen LogP contribution < -0.4 is 5.73 Å². The van der Waals surface area contributed by atoms with Crippen molar-refractivity contribution in [2.75, 3.05) is 19.5 Å². The number of hydrogen-bond donors (Lipinski definition) is 1. The molecule has 1 saturated heterocycles. The number of esters is 1. The summed E-state index contributed by atoms with van der Waals surface area (Å²) in [5, 5.41) is 0. The Bertz CT molecular complexity index is 394. The van der Waals surface area contributed by atoms with E-state index in [1.54, 1.807) is 12.3 Å². The highest BCUT2D eigenvalue weighted by Crippen LogP contribution is 2.18.